The Morgan fingerprint density at radius 1 is 1.27 bits per heavy atom. The van der Waals surface area contributed by atoms with E-state index < -0.39 is 18.1 Å². The van der Waals surface area contributed by atoms with Crippen LogP contribution in [0.4, 0.5) is 13.2 Å². The summed E-state index contributed by atoms with van der Waals surface area (Å²) >= 11 is 0. The highest BCUT2D eigenvalue weighted by Crippen LogP contribution is 2.39. The van der Waals surface area contributed by atoms with Gasteiger partial charge in [0.2, 0.25) is 0 Å². The number of fused-ring (bicyclic) bond motifs is 1. The van der Waals surface area contributed by atoms with E-state index in [1.807, 2.05) is 39.0 Å². The molecule has 1 unspecified atom stereocenters. The van der Waals surface area contributed by atoms with Crippen LogP contribution in [0.3, 0.4) is 0 Å². The molecule has 0 aliphatic carbocycles. The van der Waals surface area contributed by atoms with Gasteiger partial charge in [-0.25, -0.2) is 0 Å². The molecule has 8 heteroatoms. The number of nitrogens with zero attached hydrogens (tertiary/aromatic N) is 2. The van der Waals surface area contributed by atoms with Crippen molar-refractivity contribution >= 4 is 5.91 Å². The number of amides is 1. The summed E-state index contributed by atoms with van der Waals surface area (Å²) in [6, 6.07) is 8.36. The Balaban J connectivity index is 1.83. The van der Waals surface area contributed by atoms with Gasteiger partial charge in [-0.15, -0.1) is 0 Å². The van der Waals surface area contributed by atoms with Crippen molar-refractivity contribution in [2.24, 2.45) is 5.92 Å². The fourth-order valence-corrected chi connectivity index (χ4v) is 3.87. The van der Waals surface area contributed by atoms with Gasteiger partial charge in [0.15, 0.2) is 0 Å². The van der Waals surface area contributed by atoms with Crippen LogP contribution in [0, 0.1) is 12.8 Å². The van der Waals surface area contributed by atoms with Gasteiger partial charge < -0.3 is 14.4 Å². The number of hydrogen-bond acceptors (Lipinski definition) is 4. The zero-order valence-electron chi connectivity index (χ0n) is 17.4. The minimum absolute atomic E-state index is 0.0188. The van der Waals surface area contributed by atoms with Gasteiger partial charge in [-0.3, -0.25) is 9.78 Å². The van der Waals surface area contributed by atoms with Crippen LogP contribution in [0.25, 0.3) is 0 Å². The minimum Gasteiger partial charge on any atom is -0.495 e. The second-order valence-electron chi connectivity index (χ2n) is 7.69. The summed E-state index contributed by atoms with van der Waals surface area (Å²) in [5, 5.41) is 0. The molecule has 0 saturated heterocycles. The maximum atomic E-state index is 13.0. The minimum atomic E-state index is -4.88. The van der Waals surface area contributed by atoms with Crippen LogP contribution in [0.1, 0.15) is 42.4 Å². The van der Waals surface area contributed by atoms with Crippen molar-refractivity contribution < 1.29 is 27.4 Å². The average Bonchev–Trinajstić information content (AvgIpc) is 2.69. The van der Waals surface area contributed by atoms with Gasteiger partial charge in [0.25, 0.3) is 0 Å². The molecule has 30 heavy (non-hydrogen) atoms. The van der Waals surface area contributed by atoms with Gasteiger partial charge in [-0.2, -0.15) is 13.2 Å². The monoisotopic (exact) mass is 422 g/mol. The third kappa shape index (κ3) is 4.52. The predicted octanol–water partition coefficient (Wildman–Crippen LogP) is 4.62. The summed E-state index contributed by atoms with van der Waals surface area (Å²) in [7, 11) is 1.56. The molecular weight excluding hydrogens is 397 g/mol. The van der Waals surface area contributed by atoms with Crippen molar-refractivity contribution in [3.63, 3.8) is 0 Å². The molecule has 3 rings (SSSR count). The largest absolute Gasteiger partial charge is 0.495 e. The van der Waals surface area contributed by atoms with Crippen LogP contribution in [-0.2, 0) is 17.8 Å². The van der Waals surface area contributed by atoms with Gasteiger partial charge >= 0.3 is 12.1 Å². The van der Waals surface area contributed by atoms with E-state index in [4.69, 9.17) is 9.47 Å². The van der Waals surface area contributed by atoms with Crippen molar-refractivity contribution in [1.82, 2.24) is 9.88 Å². The van der Waals surface area contributed by atoms with E-state index in [1.54, 1.807) is 19.2 Å². The summed E-state index contributed by atoms with van der Waals surface area (Å²) in [5.74, 6) is -0.732. The van der Waals surface area contributed by atoms with Crippen LogP contribution in [-0.4, -0.2) is 35.6 Å². The second-order valence-corrected chi connectivity index (χ2v) is 7.69. The number of carbonyl (C=O) groups excluding carboxylic acids is 1. The maximum Gasteiger partial charge on any atom is 0.471 e. The highest BCUT2D eigenvalue weighted by molar-refractivity contribution is 5.82. The van der Waals surface area contributed by atoms with Crippen molar-refractivity contribution in [2.45, 2.75) is 46.0 Å². The van der Waals surface area contributed by atoms with E-state index in [2.05, 4.69) is 4.98 Å². The average molecular weight is 422 g/mol. The number of pyridine rings is 1. The van der Waals surface area contributed by atoms with Crippen molar-refractivity contribution in [3.05, 3.63) is 52.8 Å². The lowest BCUT2D eigenvalue weighted by Crippen LogP contribution is -2.48. The summed E-state index contributed by atoms with van der Waals surface area (Å²) in [6.07, 6.45) is -4.54. The first-order valence-electron chi connectivity index (χ1n) is 9.75. The lowest BCUT2D eigenvalue weighted by atomic mass is 9.86. The van der Waals surface area contributed by atoms with E-state index in [1.165, 1.54) is 0 Å². The first-order chi connectivity index (χ1) is 14.1. The molecule has 1 amide bonds. The van der Waals surface area contributed by atoms with E-state index in [-0.39, 0.29) is 19.1 Å². The third-order valence-corrected chi connectivity index (χ3v) is 5.19. The molecular formula is C22H25F3N2O3. The third-order valence-electron chi connectivity index (χ3n) is 5.19. The molecule has 1 aliphatic heterocycles. The van der Waals surface area contributed by atoms with Crippen molar-refractivity contribution in [3.8, 4) is 11.5 Å². The lowest BCUT2D eigenvalue weighted by Gasteiger charge is -2.40. The molecule has 1 atom stereocenters. The number of benzene rings is 1. The fourth-order valence-electron chi connectivity index (χ4n) is 3.87. The Labute approximate surface area is 173 Å². The van der Waals surface area contributed by atoms with Gasteiger partial charge in [0.05, 0.1) is 13.2 Å². The number of carbonyl (C=O) groups is 1. The van der Waals surface area contributed by atoms with Crippen LogP contribution >= 0.6 is 0 Å². The normalized spacial score (nSPS) is 16.4. The first kappa shape index (κ1) is 21.9. The molecule has 0 saturated carbocycles. The number of rotatable bonds is 5. The highest BCUT2D eigenvalue weighted by Gasteiger charge is 2.46. The van der Waals surface area contributed by atoms with Gasteiger partial charge in [0, 0.05) is 12.2 Å². The van der Waals surface area contributed by atoms with Gasteiger partial charge in [-0.1, -0.05) is 19.9 Å². The molecule has 1 aromatic heterocycles. The van der Waals surface area contributed by atoms with E-state index in [0.717, 1.165) is 21.7 Å². The van der Waals surface area contributed by atoms with Crippen LogP contribution < -0.4 is 9.47 Å². The molecule has 5 nitrogen and oxygen atoms in total. The smallest absolute Gasteiger partial charge is 0.471 e. The number of aromatic nitrogens is 1. The summed E-state index contributed by atoms with van der Waals surface area (Å²) in [5.41, 5.74) is 3.13. The summed E-state index contributed by atoms with van der Waals surface area (Å²) < 4.78 is 50.3. The second kappa shape index (κ2) is 8.53. The Kier molecular flexibility index (Phi) is 6.24. The lowest BCUT2D eigenvalue weighted by molar-refractivity contribution is -0.189. The summed E-state index contributed by atoms with van der Waals surface area (Å²) in [4.78, 5) is 17.3. The fraction of sp³-hybridized carbons (Fsp3) is 0.455. The maximum absolute atomic E-state index is 13.0. The highest BCUT2D eigenvalue weighted by atomic mass is 19.4. The first-order valence-corrected chi connectivity index (χ1v) is 9.75. The Morgan fingerprint density at radius 2 is 2.00 bits per heavy atom. The van der Waals surface area contributed by atoms with Crippen molar-refractivity contribution in [2.75, 3.05) is 13.7 Å². The molecule has 1 aliphatic rings. The summed E-state index contributed by atoms with van der Waals surface area (Å²) in [6.45, 7) is 5.73. The SMILES string of the molecule is COc1ccc(C)nc1COc1ccc2c(c1)CCN(C(=O)C(F)(F)F)C2C(C)C. The molecule has 2 aromatic rings. The topological polar surface area (TPSA) is 51.7 Å². The van der Waals surface area contributed by atoms with Crippen molar-refractivity contribution in [1.29, 1.82) is 0 Å². The molecule has 0 spiro atoms. The van der Waals surface area contributed by atoms with E-state index >= 15 is 0 Å². The molecule has 0 bridgehead atoms. The zero-order valence-corrected chi connectivity index (χ0v) is 17.4. The zero-order chi connectivity index (χ0) is 22.1. The van der Waals surface area contributed by atoms with Crippen LogP contribution in [0.5, 0.6) is 11.5 Å². The molecule has 162 valence electrons. The number of ether oxygens (including phenoxy) is 2. The van der Waals surface area contributed by atoms with Crippen LogP contribution in [0.2, 0.25) is 0 Å². The number of methoxy groups -OCH3 is 1. The predicted molar refractivity (Wildman–Crippen MR) is 105 cm³/mol. The number of halogens is 3. The quantitative estimate of drug-likeness (QED) is 0.706. The van der Waals surface area contributed by atoms with E-state index in [0.29, 0.717) is 23.6 Å². The Morgan fingerprint density at radius 3 is 2.63 bits per heavy atom. The number of hydrogen-bond donors (Lipinski definition) is 0. The standard InChI is InChI=1S/C22H25F3N2O3/c1-13(2)20-17-7-6-16(30-12-18-19(29-4)8-5-14(3)26-18)11-15(17)9-10-27(20)21(28)22(23,24)25/h5-8,11,13,20H,9-10,12H2,1-4H3. The Bertz CT molecular complexity index is 928. The van der Waals surface area contributed by atoms with Gasteiger partial charge in [0.1, 0.15) is 23.8 Å². The van der Waals surface area contributed by atoms with E-state index in [9.17, 15) is 18.0 Å². The molecule has 0 radical (unpaired) electrons. The van der Waals surface area contributed by atoms with Gasteiger partial charge in [-0.05, 0) is 54.7 Å². The Hall–Kier alpha value is -2.77. The van der Waals surface area contributed by atoms with Crippen LogP contribution in [0.15, 0.2) is 30.3 Å². The molecule has 1 aromatic carbocycles. The molecule has 0 N–H and O–H groups in total. The molecule has 2 heterocycles. The molecule has 0 fully saturated rings. The number of aryl methyl sites for hydroxylation is 1. The number of alkyl halides is 3.